The molecule has 0 rings (SSSR count). The zero-order chi connectivity index (χ0) is 19.5. The monoisotopic (exact) mass is 392 g/mol. The summed E-state index contributed by atoms with van der Waals surface area (Å²) in [5.41, 5.74) is 4.40. The number of aliphatic hydroxyl groups is 1. The lowest BCUT2D eigenvalue weighted by atomic mass is 10.0. The molecule has 148 valence electrons. The first kappa shape index (κ1) is 26.3. The molecule has 0 amide bonds. The highest BCUT2D eigenvalue weighted by atomic mass is 32.1. The molecule has 0 atom stereocenters. The average Bonchev–Trinajstić information content (AvgIpc) is 2.52. The van der Waals surface area contributed by atoms with Crippen LogP contribution in [0.25, 0.3) is 0 Å². The highest BCUT2D eigenvalue weighted by Crippen LogP contribution is 2.11. The van der Waals surface area contributed by atoms with Crippen LogP contribution in [-0.4, -0.2) is 46.8 Å². The summed E-state index contributed by atoms with van der Waals surface area (Å²) in [4.78, 5) is 13.4. The first-order valence-corrected chi connectivity index (χ1v) is 9.97. The summed E-state index contributed by atoms with van der Waals surface area (Å²) in [5, 5.41) is 7.51. The molecular formula is C18H36N2O3S2. The number of hydrogen-bond acceptors (Lipinski definition) is 4. The minimum atomic E-state index is -0.500. The molecule has 0 saturated carbocycles. The number of hydrogen-bond donors (Lipinski definition) is 2. The Morgan fingerprint density at radius 2 is 1.40 bits per heavy atom. The van der Waals surface area contributed by atoms with E-state index in [1.165, 1.54) is 51.4 Å². The van der Waals surface area contributed by atoms with Crippen molar-refractivity contribution in [1.29, 1.82) is 0 Å². The molecule has 0 heterocycles. The molecule has 0 radical (unpaired) electrons. The van der Waals surface area contributed by atoms with Gasteiger partial charge >= 0.3 is 0 Å². The zero-order valence-corrected chi connectivity index (χ0v) is 17.7. The lowest BCUT2D eigenvalue weighted by Gasteiger charge is -2.13. The fraction of sp³-hybridized carbons (Fsp3) is 0.833. The van der Waals surface area contributed by atoms with Crippen LogP contribution >= 0.6 is 24.4 Å². The van der Waals surface area contributed by atoms with Crippen molar-refractivity contribution in [1.82, 2.24) is 4.90 Å². The van der Waals surface area contributed by atoms with Gasteiger partial charge in [0.2, 0.25) is 0 Å². The molecule has 0 bridgehead atoms. The normalized spacial score (nSPS) is 9.72. The van der Waals surface area contributed by atoms with E-state index in [0.29, 0.717) is 30.4 Å². The van der Waals surface area contributed by atoms with Crippen LogP contribution in [0.15, 0.2) is 0 Å². The standard InChI is InChI=1S/C17H33NO2S.CH3NOS/c1-4-5-6-7-8-9-10-11-12-13-16(19)14-15-20-17(21)18(2)3;2-1(3)4/h4-15H2,1-3H3;(H3,2,3,4). The summed E-state index contributed by atoms with van der Waals surface area (Å²) < 4.78 is 5.30. The van der Waals surface area contributed by atoms with Crippen molar-refractivity contribution < 1.29 is 14.6 Å². The third kappa shape index (κ3) is 25.4. The van der Waals surface area contributed by atoms with Crippen LogP contribution in [-0.2, 0) is 9.53 Å². The predicted octanol–water partition coefficient (Wildman–Crippen LogP) is 4.52. The summed E-state index contributed by atoms with van der Waals surface area (Å²) in [6.45, 7) is 2.66. The number of carbonyl (C=O) groups excluding carboxylic acids is 1. The highest BCUT2D eigenvalue weighted by Gasteiger charge is 2.04. The van der Waals surface area contributed by atoms with Crippen molar-refractivity contribution >= 4 is 40.6 Å². The second kappa shape index (κ2) is 19.4. The van der Waals surface area contributed by atoms with Crippen LogP contribution in [0.4, 0.5) is 0 Å². The Labute approximate surface area is 164 Å². The van der Waals surface area contributed by atoms with Crippen molar-refractivity contribution in [3.8, 4) is 0 Å². The predicted molar refractivity (Wildman–Crippen MR) is 113 cm³/mol. The van der Waals surface area contributed by atoms with Crippen LogP contribution in [0.5, 0.6) is 0 Å². The molecule has 7 heteroatoms. The van der Waals surface area contributed by atoms with Crippen LogP contribution < -0.4 is 5.73 Å². The summed E-state index contributed by atoms with van der Waals surface area (Å²) in [5.74, 6) is 0.291. The average molecular weight is 393 g/mol. The van der Waals surface area contributed by atoms with Crippen molar-refractivity contribution in [2.24, 2.45) is 5.73 Å². The van der Waals surface area contributed by atoms with Crippen LogP contribution in [0.1, 0.15) is 77.6 Å². The Morgan fingerprint density at radius 1 is 0.960 bits per heavy atom. The molecule has 0 saturated heterocycles. The fourth-order valence-electron chi connectivity index (χ4n) is 2.14. The van der Waals surface area contributed by atoms with Crippen LogP contribution in [0.3, 0.4) is 0 Å². The van der Waals surface area contributed by atoms with Crippen molar-refractivity contribution in [2.45, 2.75) is 77.6 Å². The highest BCUT2D eigenvalue weighted by molar-refractivity contribution is 7.80. The Morgan fingerprint density at radius 3 is 1.84 bits per heavy atom. The molecule has 0 aromatic rings. The van der Waals surface area contributed by atoms with E-state index in [0.717, 1.165) is 6.42 Å². The number of nitrogens with zero attached hydrogens (tertiary/aromatic N) is 1. The third-order valence-electron chi connectivity index (χ3n) is 3.53. The van der Waals surface area contributed by atoms with E-state index < -0.39 is 5.17 Å². The van der Waals surface area contributed by atoms with Crippen LogP contribution in [0, 0.1) is 0 Å². The number of carbonyl (C=O) groups is 1. The number of nitrogens with two attached hydrogens (primary N) is 1. The number of rotatable bonds is 13. The van der Waals surface area contributed by atoms with Gasteiger partial charge < -0.3 is 20.5 Å². The van der Waals surface area contributed by atoms with Gasteiger partial charge in [-0.25, -0.2) is 0 Å². The molecule has 0 aliphatic heterocycles. The largest absolute Gasteiger partial charge is 0.487 e. The summed E-state index contributed by atoms with van der Waals surface area (Å²) in [6, 6.07) is 0. The second-order valence-corrected chi connectivity index (χ2v) is 6.98. The van der Waals surface area contributed by atoms with Gasteiger partial charge in [0.05, 0.1) is 6.61 Å². The van der Waals surface area contributed by atoms with Crippen molar-refractivity contribution in [2.75, 3.05) is 20.7 Å². The first-order valence-electron chi connectivity index (χ1n) is 9.15. The molecule has 3 N–H and O–H groups in total. The third-order valence-corrected chi connectivity index (χ3v) is 4.01. The van der Waals surface area contributed by atoms with Crippen molar-refractivity contribution in [3.05, 3.63) is 0 Å². The topological polar surface area (TPSA) is 75.8 Å². The first-order chi connectivity index (χ1) is 11.8. The van der Waals surface area contributed by atoms with Gasteiger partial charge in [-0.3, -0.25) is 4.79 Å². The van der Waals surface area contributed by atoms with Gasteiger partial charge in [-0.05, 0) is 30.9 Å². The molecule has 0 spiro atoms. The molecule has 0 aromatic heterocycles. The zero-order valence-electron chi connectivity index (χ0n) is 16.1. The van der Waals surface area contributed by atoms with Gasteiger partial charge in [0.25, 0.3) is 10.3 Å². The number of ketones is 1. The van der Waals surface area contributed by atoms with E-state index in [9.17, 15) is 4.79 Å². The van der Waals surface area contributed by atoms with Crippen LogP contribution in [0.2, 0.25) is 0 Å². The maximum atomic E-state index is 11.7. The Kier molecular flexibility index (Phi) is 20.4. The lowest BCUT2D eigenvalue weighted by Crippen LogP contribution is -2.23. The number of Topliss-reactive ketones (excluding diaryl/α,β-unsaturated/α-hetero) is 1. The molecule has 0 aliphatic rings. The minimum absolute atomic E-state index is 0.291. The Bertz CT molecular complexity index is 360. The molecule has 0 fully saturated rings. The molecule has 0 unspecified atom stereocenters. The van der Waals surface area contributed by atoms with E-state index in [1.54, 1.807) is 4.90 Å². The quantitative estimate of drug-likeness (QED) is 0.352. The van der Waals surface area contributed by atoms with Gasteiger partial charge in [0, 0.05) is 26.9 Å². The van der Waals surface area contributed by atoms with E-state index in [2.05, 4.69) is 24.9 Å². The summed E-state index contributed by atoms with van der Waals surface area (Å²) >= 11 is 8.87. The van der Waals surface area contributed by atoms with E-state index in [-0.39, 0.29) is 0 Å². The summed E-state index contributed by atoms with van der Waals surface area (Å²) in [7, 11) is 3.68. The van der Waals surface area contributed by atoms with Crippen molar-refractivity contribution in [3.63, 3.8) is 0 Å². The second-order valence-electron chi connectivity index (χ2n) is 6.21. The number of unbranched alkanes of at least 4 members (excludes halogenated alkanes) is 8. The van der Waals surface area contributed by atoms with Gasteiger partial charge in [0.15, 0.2) is 0 Å². The maximum Gasteiger partial charge on any atom is 0.258 e. The fourth-order valence-corrected chi connectivity index (χ4v) is 2.22. The SMILES string of the molecule is CCCCCCCCCCCC(=O)CCOC(=S)N(C)C.NC(O)=S. The van der Waals surface area contributed by atoms with E-state index in [1.807, 2.05) is 14.1 Å². The number of thiocarbonyl (C=S) groups is 2. The molecule has 25 heavy (non-hydrogen) atoms. The molecule has 0 aromatic carbocycles. The van der Waals surface area contributed by atoms with E-state index >= 15 is 0 Å². The molecular weight excluding hydrogens is 356 g/mol. The summed E-state index contributed by atoms with van der Waals surface area (Å²) in [6.07, 6.45) is 12.7. The Balaban J connectivity index is 0. The minimum Gasteiger partial charge on any atom is -0.487 e. The molecule has 0 aliphatic carbocycles. The number of ether oxygens (including phenoxy) is 1. The van der Waals surface area contributed by atoms with Gasteiger partial charge in [-0.1, -0.05) is 58.3 Å². The molecule has 5 nitrogen and oxygen atoms in total. The Hall–Kier alpha value is -0.950. The number of aliphatic hydroxyl groups excluding tert-OH is 1. The van der Waals surface area contributed by atoms with Gasteiger partial charge in [-0.15, -0.1) is 0 Å². The van der Waals surface area contributed by atoms with Gasteiger partial charge in [-0.2, -0.15) is 0 Å². The smallest absolute Gasteiger partial charge is 0.258 e. The lowest BCUT2D eigenvalue weighted by molar-refractivity contribution is -0.119. The van der Waals surface area contributed by atoms with Gasteiger partial charge in [0.1, 0.15) is 5.78 Å². The maximum absolute atomic E-state index is 11.7. The van der Waals surface area contributed by atoms with E-state index in [4.69, 9.17) is 22.1 Å².